The van der Waals surface area contributed by atoms with Crippen molar-refractivity contribution in [1.82, 2.24) is 5.01 Å². The maximum atomic E-state index is 12.5. The quantitative estimate of drug-likeness (QED) is 0.590. The number of thioether (sulfide) groups is 1. The Labute approximate surface area is 181 Å². The SMILES string of the molecule is CC(C)CC1=NN2C(=N)/C(=C\c3ccc(-c4ccc(Cl)cc4Cl)o3)C(=O)N=C2S1. The Morgan fingerprint density at radius 2 is 2.07 bits per heavy atom. The minimum atomic E-state index is -0.489. The third-order valence-corrected chi connectivity index (χ3v) is 5.67. The lowest BCUT2D eigenvalue weighted by molar-refractivity contribution is -0.114. The van der Waals surface area contributed by atoms with Gasteiger partial charge in [-0.2, -0.15) is 15.1 Å². The molecule has 2 aromatic rings. The average molecular weight is 447 g/mol. The van der Waals surface area contributed by atoms with Gasteiger partial charge in [-0.15, -0.1) is 0 Å². The van der Waals surface area contributed by atoms with E-state index in [0.29, 0.717) is 38.2 Å². The second-order valence-electron chi connectivity index (χ2n) is 6.94. The molecule has 1 N–H and O–H groups in total. The van der Waals surface area contributed by atoms with E-state index in [0.717, 1.165) is 11.5 Å². The molecule has 3 heterocycles. The first-order valence-corrected chi connectivity index (χ1v) is 10.4. The number of amidine groups is 2. The topological polar surface area (TPSA) is 82.0 Å². The first kappa shape index (κ1) is 19.9. The molecule has 1 amide bonds. The van der Waals surface area contributed by atoms with Crippen molar-refractivity contribution in [2.75, 3.05) is 0 Å². The van der Waals surface area contributed by atoms with Crippen LogP contribution in [0.25, 0.3) is 17.4 Å². The van der Waals surface area contributed by atoms with Crippen molar-refractivity contribution >= 4 is 63.0 Å². The molecule has 29 heavy (non-hydrogen) atoms. The number of carbonyl (C=O) groups is 1. The van der Waals surface area contributed by atoms with Gasteiger partial charge in [-0.3, -0.25) is 10.2 Å². The number of fused-ring (bicyclic) bond motifs is 1. The van der Waals surface area contributed by atoms with E-state index >= 15 is 0 Å². The van der Waals surface area contributed by atoms with Gasteiger partial charge in [-0.1, -0.05) is 37.0 Å². The number of nitrogens with one attached hydrogen (secondary N) is 1. The number of rotatable bonds is 4. The molecule has 9 heteroatoms. The molecule has 0 fully saturated rings. The van der Waals surface area contributed by atoms with Crippen molar-refractivity contribution < 1.29 is 9.21 Å². The summed E-state index contributed by atoms with van der Waals surface area (Å²) in [6.07, 6.45) is 2.27. The number of benzene rings is 1. The normalized spacial score (nSPS) is 17.8. The highest BCUT2D eigenvalue weighted by atomic mass is 35.5. The van der Waals surface area contributed by atoms with Crippen LogP contribution in [0, 0.1) is 11.3 Å². The van der Waals surface area contributed by atoms with Gasteiger partial charge in [-0.05, 0) is 54.1 Å². The molecular formula is C20H16Cl2N4O2S. The summed E-state index contributed by atoms with van der Waals surface area (Å²) in [6.45, 7) is 4.18. The lowest BCUT2D eigenvalue weighted by Crippen LogP contribution is -2.35. The lowest BCUT2D eigenvalue weighted by Gasteiger charge is -2.19. The number of nitrogens with zero attached hydrogens (tertiary/aromatic N) is 3. The Hall–Kier alpha value is -2.35. The second-order valence-corrected chi connectivity index (χ2v) is 8.82. The molecule has 4 rings (SSSR count). The predicted molar refractivity (Wildman–Crippen MR) is 119 cm³/mol. The molecule has 1 aromatic heterocycles. The van der Waals surface area contributed by atoms with E-state index in [1.54, 1.807) is 30.3 Å². The molecular weight excluding hydrogens is 431 g/mol. The number of carbonyl (C=O) groups excluding carboxylic acids is 1. The Morgan fingerprint density at radius 1 is 1.28 bits per heavy atom. The van der Waals surface area contributed by atoms with Gasteiger partial charge in [0.15, 0.2) is 5.84 Å². The minimum absolute atomic E-state index is 0.0197. The van der Waals surface area contributed by atoms with E-state index in [-0.39, 0.29) is 11.4 Å². The molecule has 0 unspecified atom stereocenters. The van der Waals surface area contributed by atoms with Crippen LogP contribution < -0.4 is 0 Å². The highest BCUT2D eigenvalue weighted by Crippen LogP contribution is 2.33. The first-order valence-electron chi connectivity index (χ1n) is 8.86. The molecule has 148 valence electrons. The van der Waals surface area contributed by atoms with E-state index in [1.807, 2.05) is 0 Å². The van der Waals surface area contributed by atoms with Gasteiger partial charge in [-0.25, -0.2) is 0 Å². The molecule has 6 nitrogen and oxygen atoms in total. The van der Waals surface area contributed by atoms with E-state index in [4.69, 9.17) is 33.0 Å². The highest BCUT2D eigenvalue weighted by molar-refractivity contribution is 8.26. The Balaban J connectivity index is 1.62. The summed E-state index contributed by atoms with van der Waals surface area (Å²) < 4.78 is 5.81. The first-order chi connectivity index (χ1) is 13.8. The third-order valence-electron chi connectivity index (χ3n) is 4.19. The zero-order chi connectivity index (χ0) is 20.7. The molecule has 0 atom stereocenters. The summed E-state index contributed by atoms with van der Waals surface area (Å²) in [4.78, 5) is 16.6. The molecule has 0 radical (unpaired) electrons. The Kier molecular flexibility index (Phi) is 5.38. The maximum absolute atomic E-state index is 12.5. The van der Waals surface area contributed by atoms with E-state index in [1.165, 1.54) is 22.8 Å². The summed E-state index contributed by atoms with van der Waals surface area (Å²) >= 11 is 13.5. The van der Waals surface area contributed by atoms with Gasteiger partial charge in [0.2, 0.25) is 5.17 Å². The van der Waals surface area contributed by atoms with Crippen molar-refractivity contribution in [3.8, 4) is 11.3 Å². The van der Waals surface area contributed by atoms with E-state index < -0.39 is 5.91 Å². The van der Waals surface area contributed by atoms with Crippen LogP contribution in [0.15, 0.2) is 50.4 Å². The summed E-state index contributed by atoms with van der Waals surface area (Å²) in [5, 5.41) is 16.5. The highest BCUT2D eigenvalue weighted by Gasteiger charge is 2.35. The molecule has 0 saturated carbocycles. The van der Waals surface area contributed by atoms with E-state index in [2.05, 4.69) is 23.9 Å². The van der Waals surface area contributed by atoms with Crippen LogP contribution in [-0.4, -0.2) is 27.0 Å². The predicted octanol–water partition coefficient (Wildman–Crippen LogP) is 5.92. The molecule has 2 aliphatic rings. The monoisotopic (exact) mass is 446 g/mol. The molecule has 0 saturated heterocycles. The van der Waals surface area contributed by atoms with E-state index in [9.17, 15) is 4.79 Å². The molecule has 1 aromatic carbocycles. The van der Waals surface area contributed by atoms with Crippen molar-refractivity contribution in [3.63, 3.8) is 0 Å². The molecule has 0 aliphatic carbocycles. The number of hydrazone groups is 1. The van der Waals surface area contributed by atoms with Gasteiger partial charge in [0.25, 0.3) is 5.91 Å². The summed E-state index contributed by atoms with van der Waals surface area (Å²) in [5.41, 5.74) is 0.803. The van der Waals surface area contributed by atoms with Gasteiger partial charge < -0.3 is 4.42 Å². The van der Waals surface area contributed by atoms with Crippen LogP contribution in [0.1, 0.15) is 26.0 Å². The summed E-state index contributed by atoms with van der Waals surface area (Å²) in [7, 11) is 0. The number of hydrogen-bond acceptors (Lipinski definition) is 5. The van der Waals surface area contributed by atoms with Gasteiger partial charge in [0.1, 0.15) is 16.6 Å². The van der Waals surface area contributed by atoms with Gasteiger partial charge in [0.05, 0.1) is 10.6 Å². The van der Waals surface area contributed by atoms with Crippen molar-refractivity contribution in [1.29, 1.82) is 5.41 Å². The molecule has 0 spiro atoms. The second kappa shape index (κ2) is 7.82. The Bertz CT molecular complexity index is 1120. The van der Waals surface area contributed by atoms with Crippen LogP contribution in [-0.2, 0) is 4.79 Å². The fraction of sp³-hybridized carbons (Fsp3) is 0.200. The fourth-order valence-corrected chi connectivity index (χ4v) is 4.47. The van der Waals surface area contributed by atoms with Crippen LogP contribution >= 0.6 is 35.0 Å². The van der Waals surface area contributed by atoms with Crippen molar-refractivity contribution in [3.05, 3.63) is 51.7 Å². The fourth-order valence-electron chi connectivity index (χ4n) is 2.87. The number of halogens is 2. The zero-order valence-electron chi connectivity index (χ0n) is 15.6. The van der Waals surface area contributed by atoms with Crippen LogP contribution in [0.5, 0.6) is 0 Å². The van der Waals surface area contributed by atoms with Gasteiger partial charge >= 0.3 is 0 Å². The van der Waals surface area contributed by atoms with Crippen LogP contribution in [0.4, 0.5) is 0 Å². The zero-order valence-corrected chi connectivity index (χ0v) is 17.9. The average Bonchev–Trinajstić information content (AvgIpc) is 3.25. The largest absolute Gasteiger partial charge is 0.457 e. The van der Waals surface area contributed by atoms with Crippen LogP contribution in [0.2, 0.25) is 10.0 Å². The van der Waals surface area contributed by atoms with Gasteiger partial charge in [0, 0.05) is 17.0 Å². The summed E-state index contributed by atoms with van der Waals surface area (Å²) in [6, 6.07) is 8.57. The Morgan fingerprint density at radius 3 is 2.79 bits per heavy atom. The lowest BCUT2D eigenvalue weighted by atomic mass is 10.1. The van der Waals surface area contributed by atoms with Crippen molar-refractivity contribution in [2.24, 2.45) is 16.0 Å². The third kappa shape index (κ3) is 4.03. The standard InChI is InChI=1S/C20H16Cl2N4O2S/c1-10(2)7-17-25-26-18(23)14(19(27)24-20(26)29-17)9-12-4-6-16(28-12)13-5-3-11(21)8-15(13)22/h3-6,8-10,23H,7H2,1-2H3/b14-9+,23-18?. The smallest absolute Gasteiger partial charge is 0.283 e. The van der Waals surface area contributed by atoms with Crippen LogP contribution in [0.3, 0.4) is 0 Å². The van der Waals surface area contributed by atoms with Crippen molar-refractivity contribution in [2.45, 2.75) is 20.3 Å². The number of aliphatic imine (C=N–C) groups is 1. The number of hydrogen-bond donors (Lipinski definition) is 1. The number of amides is 1. The minimum Gasteiger partial charge on any atom is -0.457 e. The maximum Gasteiger partial charge on any atom is 0.283 e. The number of furan rings is 1. The summed E-state index contributed by atoms with van der Waals surface area (Å²) in [5.74, 6) is 0.859. The molecule has 2 aliphatic heterocycles. The molecule has 0 bridgehead atoms.